The largest absolute Gasteiger partial charge is 0.376 e. The van der Waals surface area contributed by atoms with E-state index in [1.165, 1.54) is 0 Å². The standard InChI is InChI=1S/C21H24N4O3/c26-20(23-12-19-3-1-2-10-28-19)15-4-6-18(7-5-15)24-21(27)25-13-16-8-9-22-11-17(16)14-25/h4-9,11,19H,1-3,10,12-14H2,(H,23,26)(H,24,27). The Hall–Kier alpha value is -2.93. The van der Waals surface area contributed by atoms with Gasteiger partial charge in [-0.25, -0.2) is 4.79 Å². The Morgan fingerprint density at radius 2 is 1.93 bits per heavy atom. The van der Waals surface area contributed by atoms with Crippen LogP contribution in [0, 0.1) is 0 Å². The number of benzene rings is 1. The lowest BCUT2D eigenvalue weighted by molar-refractivity contribution is 0.0169. The quantitative estimate of drug-likeness (QED) is 0.854. The van der Waals surface area contributed by atoms with Gasteiger partial charge in [-0.2, -0.15) is 0 Å². The van der Waals surface area contributed by atoms with Gasteiger partial charge in [0.15, 0.2) is 0 Å². The van der Waals surface area contributed by atoms with Crippen LogP contribution in [0.1, 0.15) is 40.7 Å². The minimum absolute atomic E-state index is 0.107. The van der Waals surface area contributed by atoms with E-state index in [0.717, 1.165) is 37.0 Å². The van der Waals surface area contributed by atoms with Crippen molar-refractivity contribution in [2.24, 2.45) is 0 Å². The highest BCUT2D eigenvalue weighted by atomic mass is 16.5. The van der Waals surface area contributed by atoms with Crippen molar-refractivity contribution in [1.82, 2.24) is 15.2 Å². The van der Waals surface area contributed by atoms with Crippen molar-refractivity contribution in [3.8, 4) is 0 Å². The molecule has 4 rings (SSSR count). The van der Waals surface area contributed by atoms with Crippen LogP contribution >= 0.6 is 0 Å². The third-order valence-electron chi connectivity index (χ3n) is 5.18. The minimum atomic E-state index is -0.164. The SMILES string of the molecule is O=C(NCC1CCCCO1)c1ccc(NC(=O)N2Cc3ccncc3C2)cc1. The first kappa shape index (κ1) is 18.4. The van der Waals surface area contributed by atoms with E-state index in [9.17, 15) is 9.59 Å². The fraction of sp³-hybridized carbons (Fsp3) is 0.381. The molecular weight excluding hydrogens is 356 g/mol. The third kappa shape index (κ3) is 4.31. The molecule has 0 aliphatic carbocycles. The fourth-order valence-corrected chi connectivity index (χ4v) is 3.55. The molecule has 1 atom stereocenters. The number of aromatic nitrogens is 1. The van der Waals surface area contributed by atoms with Crippen molar-refractivity contribution in [1.29, 1.82) is 0 Å². The smallest absolute Gasteiger partial charge is 0.322 e. The summed E-state index contributed by atoms with van der Waals surface area (Å²) in [5, 5.41) is 5.80. The number of fused-ring (bicyclic) bond motifs is 1. The Kier molecular flexibility index (Phi) is 5.53. The predicted molar refractivity (Wildman–Crippen MR) is 105 cm³/mol. The summed E-state index contributed by atoms with van der Waals surface area (Å²) in [6, 6.07) is 8.70. The summed E-state index contributed by atoms with van der Waals surface area (Å²) in [6.45, 7) is 2.43. The van der Waals surface area contributed by atoms with E-state index >= 15 is 0 Å². The molecule has 146 valence electrons. The van der Waals surface area contributed by atoms with Gasteiger partial charge in [0, 0.05) is 49.9 Å². The van der Waals surface area contributed by atoms with Gasteiger partial charge in [0.2, 0.25) is 0 Å². The molecule has 2 N–H and O–H groups in total. The third-order valence-corrected chi connectivity index (χ3v) is 5.18. The number of carbonyl (C=O) groups excluding carboxylic acids is 2. The lowest BCUT2D eigenvalue weighted by Crippen LogP contribution is -2.35. The molecule has 0 bridgehead atoms. The van der Waals surface area contributed by atoms with E-state index in [1.54, 1.807) is 41.6 Å². The molecule has 0 spiro atoms. The molecule has 1 aromatic carbocycles. The predicted octanol–water partition coefficient (Wildman–Crippen LogP) is 2.93. The second-order valence-corrected chi connectivity index (χ2v) is 7.21. The second kappa shape index (κ2) is 8.39. The molecular formula is C21H24N4O3. The highest BCUT2D eigenvalue weighted by Crippen LogP contribution is 2.22. The molecule has 7 heteroatoms. The average Bonchev–Trinajstić information content (AvgIpc) is 3.18. The zero-order valence-corrected chi connectivity index (χ0v) is 15.7. The first-order valence-electron chi connectivity index (χ1n) is 9.66. The maximum atomic E-state index is 12.5. The molecule has 3 heterocycles. The zero-order valence-electron chi connectivity index (χ0n) is 15.7. The molecule has 3 amide bonds. The van der Waals surface area contributed by atoms with Crippen molar-refractivity contribution in [2.45, 2.75) is 38.5 Å². The van der Waals surface area contributed by atoms with Crippen LogP contribution in [0.25, 0.3) is 0 Å². The number of nitrogens with zero attached hydrogens (tertiary/aromatic N) is 2. The summed E-state index contributed by atoms with van der Waals surface area (Å²) in [5.41, 5.74) is 3.42. The highest BCUT2D eigenvalue weighted by Gasteiger charge is 2.23. The molecule has 1 saturated heterocycles. The average molecular weight is 380 g/mol. The molecule has 1 fully saturated rings. The lowest BCUT2D eigenvalue weighted by atomic mass is 10.1. The summed E-state index contributed by atoms with van der Waals surface area (Å²) in [7, 11) is 0. The molecule has 1 unspecified atom stereocenters. The topological polar surface area (TPSA) is 83.6 Å². The Bertz CT molecular complexity index is 822. The maximum Gasteiger partial charge on any atom is 0.322 e. The molecule has 0 saturated carbocycles. The van der Waals surface area contributed by atoms with Crippen LogP contribution in [-0.4, -0.2) is 41.1 Å². The Labute approximate surface area is 164 Å². The molecule has 2 aliphatic heterocycles. The highest BCUT2D eigenvalue weighted by molar-refractivity contribution is 5.95. The summed E-state index contributed by atoms with van der Waals surface area (Å²) < 4.78 is 5.63. The summed E-state index contributed by atoms with van der Waals surface area (Å²) in [6.07, 6.45) is 6.88. The molecule has 2 aliphatic rings. The molecule has 28 heavy (non-hydrogen) atoms. The summed E-state index contributed by atoms with van der Waals surface area (Å²) in [5.74, 6) is -0.130. The van der Waals surface area contributed by atoms with Gasteiger partial charge in [0.1, 0.15) is 0 Å². The fourth-order valence-electron chi connectivity index (χ4n) is 3.55. The van der Waals surface area contributed by atoms with Gasteiger partial charge < -0.3 is 20.3 Å². The Morgan fingerprint density at radius 3 is 2.68 bits per heavy atom. The van der Waals surface area contributed by atoms with Crippen molar-refractivity contribution in [3.63, 3.8) is 0 Å². The first-order valence-corrected chi connectivity index (χ1v) is 9.66. The van der Waals surface area contributed by atoms with E-state index in [2.05, 4.69) is 15.6 Å². The monoisotopic (exact) mass is 380 g/mol. The second-order valence-electron chi connectivity index (χ2n) is 7.21. The maximum absolute atomic E-state index is 12.5. The van der Waals surface area contributed by atoms with Crippen molar-refractivity contribution in [3.05, 3.63) is 59.4 Å². The number of ether oxygens (including phenoxy) is 1. The minimum Gasteiger partial charge on any atom is -0.376 e. The van der Waals surface area contributed by atoms with Gasteiger partial charge in [-0.3, -0.25) is 9.78 Å². The Balaban J connectivity index is 1.28. The summed E-state index contributed by atoms with van der Waals surface area (Å²) >= 11 is 0. The number of urea groups is 1. The van der Waals surface area contributed by atoms with Gasteiger partial charge in [0.25, 0.3) is 5.91 Å². The van der Waals surface area contributed by atoms with Crippen molar-refractivity contribution < 1.29 is 14.3 Å². The number of anilines is 1. The lowest BCUT2D eigenvalue weighted by Gasteiger charge is -2.22. The van der Waals surface area contributed by atoms with Crippen LogP contribution in [0.4, 0.5) is 10.5 Å². The van der Waals surface area contributed by atoms with E-state index in [1.807, 2.05) is 6.07 Å². The van der Waals surface area contributed by atoms with E-state index in [-0.39, 0.29) is 18.0 Å². The number of hydrogen-bond acceptors (Lipinski definition) is 4. The molecule has 1 aromatic heterocycles. The zero-order chi connectivity index (χ0) is 19.3. The number of carbonyl (C=O) groups is 2. The van der Waals surface area contributed by atoms with Crippen LogP contribution < -0.4 is 10.6 Å². The van der Waals surface area contributed by atoms with Gasteiger partial charge in [0.05, 0.1) is 6.10 Å². The van der Waals surface area contributed by atoms with Crippen molar-refractivity contribution in [2.75, 3.05) is 18.5 Å². The number of nitrogens with one attached hydrogen (secondary N) is 2. The molecule has 7 nitrogen and oxygen atoms in total. The number of pyridine rings is 1. The normalized spacial score (nSPS) is 18.4. The van der Waals surface area contributed by atoms with E-state index in [0.29, 0.717) is 30.9 Å². The van der Waals surface area contributed by atoms with Gasteiger partial charge >= 0.3 is 6.03 Å². The number of hydrogen-bond donors (Lipinski definition) is 2. The van der Waals surface area contributed by atoms with Crippen molar-refractivity contribution >= 4 is 17.6 Å². The Morgan fingerprint density at radius 1 is 1.11 bits per heavy atom. The van der Waals surface area contributed by atoms with Crippen LogP contribution in [0.3, 0.4) is 0 Å². The van der Waals surface area contributed by atoms with Gasteiger partial charge in [-0.05, 0) is 60.7 Å². The van der Waals surface area contributed by atoms with Gasteiger partial charge in [-0.1, -0.05) is 0 Å². The first-order chi connectivity index (χ1) is 13.7. The van der Waals surface area contributed by atoms with E-state index in [4.69, 9.17) is 4.74 Å². The van der Waals surface area contributed by atoms with Crippen LogP contribution in [0.2, 0.25) is 0 Å². The number of amides is 3. The van der Waals surface area contributed by atoms with E-state index < -0.39 is 0 Å². The summed E-state index contributed by atoms with van der Waals surface area (Å²) in [4.78, 5) is 30.6. The van der Waals surface area contributed by atoms with Crippen LogP contribution in [0.5, 0.6) is 0 Å². The van der Waals surface area contributed by atoms with Crippen LogP contribution in [-0.2, 0) is 17.8 Å². The number of rotatable bonds is 4. The molecule has 0 radical (unpaired) electrons. The van der Waals surface area contributed by atoms with Gasteiger partial charge in [-0.15, -0.1) is 0 Å². The van der Waals surface area contributed by atoms with Crippen LogP contribution in [0.15, 0.2) is 42.7 Å². The molecule has 2 aromatic rings.